The minimum absolute atomic E-state index is 0.0378. The Kier molecular flexibility index (Phi) is 6.24. The third-order valence-electron chi connectivity index (χ3n) is 3.01. The molecule has 0 saturated carbocycles. The van der Waals surface area contributed by atoms with E-state index in [0.29, 0.717) is 13.1 Å². The maximum absolute atomic E-state index is 13.0. The fraction of sp³-hybridized carbons (Fsp3) is 0.462. The predicted octanol–water partition coefficient (Wildman–Crippen LogP) is 2.79. The number of rotatable bonds is 6. The maximum Gasteiger partial charge on any atom is 0.143 e. The molecule has 0 bridgehead atoms. The summed E-state index contributed by atoms with van der Waals surface area (Å²) >= 11 is 3.36. The number of nitrogens with zero attached hydrogens (tertiary/aromatic N) is 2. The fourth-order valence-corrected chi connectivity index (χ4v) is 2.25. The summed E-state index contributed by atoms with van der Waals surface area (Å²) in [6.45, 7) is 6.12. The van der Waals surface area contributed by atoms with Crippen molar-refractivity contribution >= 4 is 21.8 Å². The minimum Gasteiger partial charge on any atom is -0.409 e. The van der Waals surface area contributed by atoms with Gasteiger partial charge in [0.1, 0.15) is 11.7 Å². The number of halogens is 2. The molecule has 0 radical (unpaired) electrons. The molecule has 0 saturated heterocycles. The molecule has 0 aromatic heterocycles. The summed E-state index contributed by atoms with van der Waals surface area (Å²) in [6, 6.07) is 4.66. The number of hydrogen-bond donors (Lipinski definition) is 2. The van der Waals surface area contributed by atoms with Crippen LogP contribution in [0.25, 0.3) is 0 Å². The molecule has 3 N–H and O–H groups in total. The van der Waals surface area contributed by atoms with Crippen LogP contribution in [0.15, 0.2) is 27.8 Å². The highest BCUT2D eigenvalue weighted by Crippen LogP contribution is 2.20. The van der Waals surface area contributed by atoms with Crippen molar-refractivity contribution in [2.24, 2.45) is 16.8 Å². The van der Waals surface area contributed by atoms with Crippen LogP contribution in [0.1, 0.15) is 19.4 Å². The van der Waals surface area contributed by atoms with E-state index in [9.17, 15) is 4.39 Å². The van der Waals surface area contributed by atoms with Crippen LogP contribution in [0.2, 0.25) is 0 Å². The molecule has 0 aliphatic carbocycles. The van der Waals surface area contributed by atoms with Gasteiger partial charge in [-0.25, -0.2) is 4.39 Å². The van der Waals surface area contributed by atoms with Crippen molar-refractivity contribution in [1.82, 2.24) is 4.90 Å². The Labute approximate surface area is 121 Å². The molecule has 0 aliphatic rings. The van der Waals surface area contributed by atoms with Crippen LogP contribution in [0.4, 0.5) is 4.39 Å². The number of oxime groups is 1. The van der Waals surface area contributed by atoms with Crippen LogP contribution < -0.4 is 5.73 Å². The number of nitrogens with two attached hydrogens (primary N) is 1. The van der Waals surface area contributed by atoms with Crippen molar-refractivity contribution in [3.05, 3.63) is 34.1 Å². The molecule has 1 unspecified atom stereocenters. The largest absolute Gasteiger partial charge is 0.409 e. The quantitative estimate of drug-likeness (QED) is 0.364. The third-order valence-corrected chi connectivity index (χ3v) is 3.75. The van der Waals surface area contributed by atoms with Gasteiger partial charge in [0.15, 0.2) is 0 Å². The van der Waals surface area contributed by atoms with Crippen molar-refractivity contribution in [2.75, 3.05) is 13.1 Å². The van der Waals surface area contributed by atoms with Gasteiger partial charge in [0.05, 0.1) is 0 Å². The molecule has 19 heavy (non-hydrogen) atoms. The first-order valence-electron chi connectivity index (χ1n) is 6.11. The topological polar surface area (TPSA) is 61.8 Å². The SMILES string of the molecule is CCN(Cc1ccc(F)cc1Br)CC(C)/C(N)=N/O. The summed E-state index contributed by atoms with van der Waals surface area (Å²) in [5, 5.41) is 11.7. The Morgan fingerprint density at radius 1 is 1.58 bits per heavy atom. The summed E-state index contributed by atoms with van der Waals surface area (Å²) < 4.78 is 13.8. The summed E-state index contributed by atoms with van der Waals surface area (Å²) in [5.74, 6) is -0.0792. The van der Waals surface area contributed by atoms with E-state index >= 15 is 0 Å². The molecule has 0 fully saturated rings. The zero-order valence-electron chi connectivity index (χ0n) is 11.1. The minimum atomic E-state index is -0.260. The van der Waals surface area contributed by atoms with E-state index < -0.39 is 0 Å². The van der Waals surface area contributed by atoms with Crippen molar-refractivity contribution in [2.45, 2.75) is 20.4 Å². The Morgan fingerprint density at radius 3 is 2.79 bits per heavy atom. The molecule has 1 aromatic carbocycles. The molecule has 0 aliphatic heterocycles. The smallest absolute Gasteiger partial charge is 0.143 e. The van der Waals surface area contributed by atoms with Gasteiger partial charge in [-0.1, -0.05) is 41.0 Å². The van der Waals surface area contributed by atoms with E-state index in [1.165, 1.54) is 12.1 Å². The fourth-order valence-electron chi connectivity index (χ4n) is 1.78. The van der Waals surface area contributed by atoms with Crippen molar-refractivity contribution in [3.8, 4) is 0 Å². The summed E-state index contributed by atoms with van der Waals surface area (Å²) in [6.07, 6.45) is 0. The standard InChI is InChI=1S/C13H19BrFN3O/c1-3-18(7-9(2)13(16)17-19)8-10-4-5-11(15)6-12(10)14/h4-6,9,19H,3,7-8H2,1-2H3,(H2,16,17). The molecule has 1 rings (SSSR count). The van der Waals surface area contributed by atoms with Gasteiger partial charge in [-0.2, -0.15) is 0 Å². The lowest BCUT2D eigenvalue weighted by Gasteiger charge is -2.24. The van der Waals surface area contributed by atoms with Crippen molar-refractivity contribution in [1.29, 1.82) is 0 Å². The van der Waals surface area contributed by atoms with Crippen LogP contribution in [0.3, 0.4) is 0 Å². The molecular weight excluding hydrogens is 313 g/mol. The molecular formula is C13H19BrFN3O. The van der Waals surface area contributed by atoms with E-state index in [1.807, 2.05) is 13.8 Å². The molecule has 0 spiro atoms. The summed E-state index contributed by atoms with van der Waals surface area (Å²) in [4.78, 5) is 2.15. The lowest BCUT2D eigenvalue weighted by atomic mass is 10.1. The first-order chi connectivity index (χ1) is 8.97. The van der Waals surface area contributed by atoms with Gasteiger partial charge in [0, 0.05) is 23.5 Å². The average molecular weight is 332 g/mol. The molecule has 106 valence electrons. The normalized spacial score (nSPS) is 13.8. The van der Waals surface area contributed by atoms with E-state index in [0.717, 1.165) is 16.6 Å². The Balaban J connectivity index is 2.71. The van der Waals surface area contributed by atoms with Gasteiger partial charge < -0.3 is 10.9 Å². The molecule has 1 aromatic rings. The van der Waals surface area contributed by atoms with Gasteiger partial charge in [-0.15, -0.1) is 0 Å². The Hall–Kier alpha value is -1.14. The second kappa shape index (κ2) is 7.45. The van der Waals surface area contributed by atoms with Gasteiger partial charge in [0.2, 0.25) is 0 Å². The number of hydrogen-bond acceptors (Lipinski definition) is 3. The van der Waals surface area contributed by atoms with Crippen LogP contribution in [-0.2, 0) is 6.54 Å². The second-order valence-electron chi connectivity index (χ2n) is 4.49. The zero-order chi connectivity index (χ0) is 14.4. The first-order valence-corrected chi connectivity index (χ1v) is 6.90. The Bertz CT molecular complexity index is 454. The molecule has 0 heterocycles. The van der Waals surface area contributed by atoms with Crippen LogP contribution >= 0.6 is 15.9 Å². The molecule has 0 amide bonds. The first kappa shape index (κ1) is 15.9. The van der Waals surface area contributed by atoms with Gasteiger partial charge in [0.25, 0.3) is 0 Å². The van der Waals surface area contributed by atoms with E-state index in [-0.39, 0.29) is 17.6 Å². The lowest BCUT2D eigenvalue weighted by Crippen LogP contribution is -2.34. The van der Waals surface area contributed by atoms with Crippen LogP contribution in [-0.4, -0.2) is 29.0 Å². The predicted molar refractivity (Wildman–Crippen MR) is 77.6 cm³/mol. The molecule has 1 atom stereocenters. The van der Waals surface area contributed by atoms with Crippen LogP contribution in [0.5, 0.6) is 0 Å². The molecule has 6 heteroatoms. The van der Waals surface area contributed by atoms with E-state index in [2.05, 4.69) is 26.0 Å². The third kappa shape index (κ3) is 4.80. The zero-order valence-corrected chi connectivity index (χ0v) is 12.7. The Morgan fingerprint density at radius 2 is 2.26 bits per heavy atom. The maximum atomic E-state index is 13.0. The van der Waals surface area contributed by atoms with Gasteiger partial charge >= 0.3 is 0 Å². The van der Waals surface area contributed by atoms with E-state index in [4.69, 9.17) is 10.9 Å². The monoisotopic (exact) mass is 331 g/mol. The van der Waals surface area contributed by atoms with Gasteiger partial charge in [-0.05, 0) is 24.2 Å². The summed E-state index contributed by atoms with van der Waals surface area (Å²) in [5.41, 5.74) is 6.59. The highest BCUT2D eigenvalue weighted by Gasteiger charge is 2.14. The highest BCUT2D eigenvalue weighted by atomic mass is 79.9. The van der Waals surface area contributed by atoms with Gasteiger partial charge in [-0.3, -0.25) is 4.90 Å². The summed E-state index contributed by atoms with van der Waals surface area (Å²) in [7, 11) is 0. The highest BCUT2D eigenvalue weighted by molar-refractivity contribution is 9.10. The van der Waals surface area contributed by atoms with E-state index in [1.54, 1.807) is 6.07 Å². The van der Waals surface area contributed by atoms with Crippen molar-refractivity contribution in [3.63, 3.8) is 0 Å². The average Bonchev–Trinajstić information content (AvgIpc) is 2.39. The van der Waals surface area contributed by atoms with Crippen molar-refractivity contribution < 1.29 is 9.60 Å². The number of amidine groups is 1. The molecule has 4 nitrogen and oxygen atoms in total. The number of benzene rings is 1. The second-order valence-corrected chi connectivity index (χ2v) is 5.34. The lowest BCUT2D eigenvalue weighted by molar-refractivity contribution is 0.257. The van der Waals surface area contributed by atoms with Crippen LogP contribution in [0, 0.1) is 11.7 Å².